The highest BCUT2D eigenvalue weighted by molar-refractivity contribution is 6.33. The Kier molecular flexibility index (Phi) is 9.58. The van der Waals surface area contributed by atoms with Gasteiger partial charge in [-0.2, -0.15) is 5.06 Å². The summed E-state index contributed by atoms with van der Waals surface area (Å²) in [6, 6.07) is 6.92. The molecule has 1 amide bonds. The van der Waals surface area contributed by atoms with Crippen LogP contribution in [0.2, 0.25) is 5.02 Å². The summed E-state index contributed by atoms with van der Waals surface area (Å²) in [5, 5.41) is 30.2. The molecule has 0 spiro atoms. The quantitative estimate of drug-likeness (QED) is 0.203. The largest absolute Gasteiger partial charge is 0.493 e. The molecule has 0 saturated heterocycles. The lowest BCUT2D eigenvalue weighted by Gasteiger charge is -2.30. The highest BCUT2D eigenvalue weighted by Crippen LogP contribution is 2.31. The standard InChI is InChI=1S/C23H25ClFN3O7/c1-3-35-20-9-18(26)17(24)8-16(20)22(31)27(19(23(32)33)10-21(29)30)11-13(2)28(34)12-14-4-6-15(25)7-5-14/h4-10,13,34H,3,11-12,26H2,1-2H3,(H,29,30)(H,32,33)/b19-10+/t13-/m1/s1. The fraction of sp³-hybridized carbons (Fsp3) is 0.261. The number of halogens is 2. The van der Waals surface area contributed by atoms with E-state index in [1.165, 1.54) is 43.3 Å². The number of nitrogens with two attached hydrogens (primary N) is 1. The van der Waals surface area contributed by atoms with Crippen molar-refractivity contribution in [3.05, 3.63) is 70.1 Å². The van der Waals surface area contributed by atoms with Crippen molar-refractivity contribution >= 4 is 35.1 Å². The van der Waals surface area contributed by atoms with E-state index < -0.39 is 41.9 Å². The number of nitrogen functional groups attached to an aromatic ring is 1. The van der Waals surface area contributed by atoms with Gasteiger partial charge in [0.15, 0.2) is 0 Å². The van der Waals surface area contributed by atoms with Gasteiger partial charge in [-0.25, -0.2) is 14.0 Å². The molecule has 0 fully saturated rings. The van der Waals surface area contributed by atoms with Crippen LogP contribution in [0.25, 0.3) is 0 Å². The molecule has 0 radical (unpaired) electrons. The van der Waals surface area contributed by atoms with Gasteiger partial charge < -0.3 is 25.9 Å². The normalized spacial score (nSPS) is 12.3. The summed E-state index contributed by atoms with van der Waals surface area (Å²) in [4.78, 5) is 37.4. The molecule has 12 heteroatoms. The number of carboxylic acids is 2. The van der Waals surface area contributed by atoms with Gasteiger partial charge in [0, 0.05) is 19.2 Å². The summed E-state index contributed by atoms with van der Waals surface area (Å²) >= 11 is 6.07. The summed E-state index contributed by atoms with van der Waals surface area (Å²) in [5.41, 5.74) is 5.45. The summed E-state index contributed by atoms with van der Waals surface area (Å²) < 4.78 is 18.6. The zero-order valence-corrected chi connectivity index (χ0v) is 19.7. The summed E-state index contributed by atoms with van der Waals surface area (Å²) in [5.74, 6) is -4.66. The summed E-state index contributed by atoms with van der Waals surface area (Å²) in [6.07, 6.45) is 0.369. The molecule has 10 nitrogen and oxygen atoms in total. The van der Waals surface area contributed by atoms with E-state index >= 15 is 0 Å². The minimum Gasteiger partial charge on any atom is -0.493 e. The number of amides is 1. The van der Waals surface area contributed by atoms with Crippen LogP contribution in [0, 0.1) is 5.82 Å². The topological polar surface area (TPSA) is 154 Å². The van der Waals surface area contributed by atoms with E-state index in [1.807, 2.05) is 0 Å². The van der Waals surface area contributed by atoms with Gasteiger partial charge in [-0.15, -0.1) is 0 Å². The molecule has 0 bridgehead atoms. The van der Waals surface area contributed by atoms with E-state index in [4.69, 9.17) is 22.1 Å². The average Bonchev–Trinajstić information content (AvgIpc) is 2.79. The third-order valence-corrected chi connectivity index (χ3v) is 5.19. The number of carbonyl (C=O) groups excluding carboxylic acids is 1. The lowest BCUT2D eigenvalue weighted by Crippen LogP contribution is -2.44. The zero-order valence-electron chi connectivity index (χ0n) is 18.9. The first-order valence-corrected chi connectivity index (χ1v) is 10.7. The maximum atomic E-state index is 13.5. The summed E-state index contributed by atoms with van der Waals surface area (Å²) in [7, 11) is 0. The Morgan fingerprint density at radius 2 is 1.83 bits per heavy atom. The third kappa shape index (κ3) is 7.41. The van der Waals surface area contributed by atoms with Crippen LogP contribution in [0.1, 0.15) is 29.8 Å². The van der Waals surface area contributed by atoms with Crippen LogP contribution in [0.15, 0.2) is 48.2 Å². The van der Waals surface area contributed by atoms with E-state index in [9.17, 15) is 34.2 Å². The van der Waals surface area contributed by atoms with Crippen molar-refractivity contribution in [3.8, 4) is 5.75 Å². The molecular weight excluding hydrogens is 485 g/mol. The molecule has 0 unspecified atom stereocenters. The van der Waals surface area contributed by atoms with Crippen LogP contribution in [-0.2, 0) is 16.1 Å². The first-order chi connectivity index (χ1) is 16.4. The van der Waals surface area contributed by atoms with Gasteiger partial charge in [0.2, 0.25) is 0 Å². The second kappa shape index (κ2) is 12.2. The lowest BCUT2D eigenvalue weighted by molar-refractivity contribution is -0.139. The minimum atomic E-state index is -1.68. The first-order valence-electron chi connectivity index (χ1n) is 10.4. The molecule has 188 valence electrons. The molecule has 0 saturated carbocycles. The Hall–Kier alpha value is -3.67. The van der Waals surface area contributed by atoms with Crippen LogP contribution in [0.3, 0.4) is 0 Å². The zero-order chi connectivity index (χ0) is 26.3. The number of ether oxygens (including phenoxy) is 1. The van der Waals surface area contributed by atoms with Crippen molar-refractivity contribution in [2.24, 2.45) is 0 Å². The van der Waals surface area contributed by atoms with Gasteiger partial charge in [-0.05, 0) is 37.6 Å². The van der Waals surface area contributed by atoms with Gasteiger partial charge in [-0.3, -0.25) is 9.69 Å². The lowest BCUT2D eigenvalue weighted by atomic mass is 10.1. The molecule has 0 heterocycles. The van der Waals surface area contributed by atoms with E-state index in [0.29, 0.717) is 16.5 Å². The molecule has 0 aliphatic rings. The Bertz CT molecular complexity index is 1120. The second-order valence-electron chi connectivity index (χ2n) is 7.46. The van der Waals surface area contributed by atoms with Gasteiger partial charge in [0.05, 0.1) is 35.0 Å². The van der Waals surface area contributed by atoms with Crippen molar-refractivity contribution in [3.63, 3.8) is 0 Å². The minimum absolute atomic E-state index is 0.00369. The highest BCUT2D eigenvalue weighted by atomic mass is 35.5. The predicted molar refractivity (Wildman–Crippen MR) is 125 cm³/mol. The molecule has 0 aliphatic heterocycles. The van der Waals surface area contributed by atoms with Crippen molar-refractivity contribution in [2.45, 2.75) is 26.4 Å². The molecule has 2 rings (SSSR count). The highest BCUT2D eigenvalue weighted by Gasteiger charge is 2.31. The molecular formula is C23H25ClFN3O7. The Balaban J connectivity index is 2.46. The SMILES string of the molecule is CCOc1cc(N)c(Cl)cc1C(=O)N(C[C@@H](C)N(O)Cc1ccc(F)cc1)/C(=C/C(=O)O)C(=O)O. The van der Waals surface area contributed by atoms with Gasteiger partial charge in [0.1, 0.15) is 17.3 Å². The Morgan fingerprint density at radius 3 is 2.37 bits per heavy atom. The fourth-order valence-electron chi connectivity index (χ4n) is 3.11. The fourth-order valence-corrected chi connectivity index (χ4v) is 3.27. The van der Waals surface area contributed by atoms with E-state index in [2.05, 4.69) is 0 Å². The summed E-state index contributed by atoms with van der Waals surface area (Å²) in [6.45, 7) is 2.78. The molecule has 5 N–H and O–H groups in total. The van der Waals surface area contributed by atoms with E-state index in [0.717, 1.165) is 5.06 Å². The van der Waals surface area contributed by atoms with Gasteiger partial charge >= 0.3 is 11.9 Å². The molecule has 1 atom stereocenters. The molecule has 2 aromatic carbocycles. The van der Waals surface area contributed by atoms with E-state index in [-0.39, 0.29) is 35.2 Å². The van der Waals surface area contributed by atoms with Crippen LogP contribution in [0.4, 0.5) is 10.1 Å². The maximum Gasteiger partial charge on any atom is 0.352 e. The average molecular weight is 510 g/mol. The maximum absolute atomic E-state index is 13.5. The number of carboxylic acid groups (broad SMARTS) is 2. The van der Waals surface area contributed by atoms with Crippen LogP contribution in [-0.4, -0.2) is 62.4 Å². The number of carbonyl (C=O) groups is 3. The smallest absolute Gasteiger partial charge is 0.352 e. The van der Waals surface area contributed by atoms with Gasteiger partial charge in [0.25, 0.3) is 5.91 Å². The number of hydrogen-bond acceptors (Lipinski definition) is 7. The monoisotopic (exact) mass is 509 g/mol. The number of nitrogens with zero attached hydrogens (tertiary/aromatic N) is 2. The first kappa shape index (κ1) is 27.6. The van der Waals surface area contributed by atoms with Crippen LogP contribution < -0.4 is 10.5 Å². The molecule has 0 aromatic heterocycles. The van der Waals surface area contributed by atoms with Crippen LogP contribution in [0.5, 0.6) is 5.75 Å². The third-order valence-electron chi connectivity index (χ3n) is 4.86. The predicted octanol–water partition coefficient (Wildman–Crippen LogP) is 3.24. The Morgan fingerprint density at radius 1 is 1.20 bits per heavy atom. The number of anilines is 1. The van der Waals surface area contributed by atoms with E-state index in [1.54, 1.807) is 6.92 Å². The van der Waals surface area contributed by atoms with Crippen molar-refractivity contribution < 1.29 is 38.9 Å². The molecule has 2 aromatic rings. The van der Waals surface area contributed by atoms with Crippen molar-refractivity contribution in [1.29, 1.82) is 0 Å². The number of benzene rings is 2. The Labute approximate surface area is 205 Å². The van der Waals surface area contributed by atoms with Crippen molar-refractivity contribution in [2.75, 3.05) is 18.9 Å². The molecule has 35 heavy (non-hydrogen) atoms. The number of aliphatic carboxylic acids is 2. The van der Waals surface area contributed by atoms with Crippen molar-refractivity contribution in [1.82, 2.24) is 9.96 Å². The second-order valence-corrected chi connectivity index (χ2v) is 7.87. The van der Waals surface area contributed by atoms with Gasteiger partial charge in [-0.1, -0.05) is 23.7 Å². The number of hydroxylamine groups is 2. The number of rotatable bonds is 11. The number of hydrogen-bond donors (Lipinski definition) is 4. The molecule has 0 aliphatic carbocycles. The van der Waals surface area contributed by atoms with Crippen LogP contribution >= 0.6 is 11.6 Å².